The van der Waals surface area contributed by atoms with E-state index < -0.39 is 15.9 Å². The number of amides is 1. The molecule has 0 saturated heterocycles. The number of hydrogen-bond acceptors (Lipinski definition) is 5. The second kappa shape index (κ2) is 6.70. The van der Waals surface area contributed by atoms with Crippen LogP contribution in [0.3, 0.4) is 0 Å². The fourth-order valence-electron chi connectivity index (χ4n) is 2.11. The predicted molar refractivity (Wildman–Crippen MR) is 91.3 cm³/mol. The molecule has 0 aliphatic heterocycles. The molecule has 2 rings (SSSR count). The predicted octanol–water partition coefficient (Wildman–Crippen LogP) is 1.52. The maximum atomic E-state index is 12.4. The molecule has 0 aromatic heterocycles. The number of sulfonamides is 1. The van der Waals surface area contributed by atoms with Crippen LogP contribution >= 0.6 is 0 Å². The molecule has 0 spiro atoms. The lowest BCUT2D eigenvalue weighted by atomic mass is 10.1. The number of nitrogens with one attached hydrogen (secondary N) is 1. The molecule has 0 heterocycles. The Morgan fingerprint density at radius 3 is 2.50 bits per heavy atom. The smallest absolute Gasteiger partial charge is 0.255 e. The maximum Gasteiger partial charge on any atom is 0.255 e. The number of carbonyl (C=O) groups is 1. The normalized spacial score (nSPS) is 10.8. The van der Waals surface area contributed by atoms with Gasteiger partial charge in [0.15, 0.2) is 0 Å². The Kier molecular flexibility index (Phi) is 4.87. The van der Waals surface area contributed by atoms with E-state index in [-0.39, 0.29) is 4.90 Å². The highest BCUT2D eigenvalue weighted by Crippen LogP contribution is 2.27. The first-order chi connectivity index (χ1) is 11.2. The molecule has 24 heavy (non-hydrogen) atoms. The molecule has 0 aliphatic rings. The minimum atomic E-state index is -3.89. The molecule has 0 unspecified atom stereocenters. The summed E-state index contributed by atoms with van der Waals surface area (Å²) in [5.74, 6) is -0.457. The summed E-state index contributed by atoms with van der Waals surface area (Å²) in [5.41, 5.74) is 1.57. The van der Waals surface area contributed by atoms with Crippen molar-refractivity contribution in [3.8, 4) is 6.07 Å². The Balaban J connectivity index is 2.43. The second-order valence-electron chi connectivity index (χ2n) is 5.27. The Morgan fingerprint density at radius 2 is 1.92 bits per heavy atom. The van der Waals surface area contributed by atoms with Crippen molar-refractivity contribution in [3.63, 3.8) is 0 Å². The highest BCUT2D eigenvalue weighted by atomic mass is 32.2. The van der Waals surface area contributed by atoms with Crippen molar-refractivity contribution in [1.29, 1.82) is 5.26 Å². The van der Waals surface area contributed by atoms with E-state index in [9.17, 15) is 13.2 Å². The van der Waals surface area contributed by atoms with Gasteiger partial charge in [-0.05, 0) is 36.4 Å². The first-order valence-electron chi connectivity index (χ1n) is 6.88. The zero-order chi connectivity index (χ0) is 17.9. The summed E-state index contributed by atoms with van der Waals surface area (Å²) >= 11 is 0. The van der Waals surface area contributed by atoms with Crippen molar-refractivity contribution in [2.24, 2.45) is 5.14 Å². The average molecular weight is 344 g/mol. The van der Waals surface area contributed by atoms with Gasteiger partial charge in [0.1, 0.15) is 0 Å². The van der Waals surface area contributed by atoms with Crippen LogP contribution in [0.1, 0.15) is 15.9 Å². The summed E-state index contributed by atoms with van der Waals surface area (Å²) < 4.78 is 23.0. The average Bonchev–Trinajstić information content (AvgIpc) is 2.53. The first kappa shape index (κ1) is 17.5. The number of carbonyl (C=O) groups excluding carboxylic acids is 1. The van der Waals surface area contributed by atoms with Gasteiger partial charge in [-0.1, -0.05) is 6.07 Å². The zero-order valence-corrected chi connectivity index (χ0v) is 14.0. The number of primary sulfonamides is 1. The molecular weight excluding hydrogens is 328 g/mol. The van der Waals surface area contributed by atoms with Crippen LogP contribution in [-0.4, -0.2) is 28.4 Å². The molecule has 0 saturated carbocycles. The van der Waals surface area contributed by atoms with E-state index >= 15 is 0 Å². The highest BCUT2D eigenvalue weighted by Gasteiger charge is 2.15. The number of nitrogens with two attached hydrogens (primary N) is 1. The molecule has 8 heteroatoms. The van der Waals surface area contributed by atoms with Gasteiger partial charge >= 0.3 is 0 Å². The van der Waals surface area contributed by atoms with Crippen molar-refractivity contribution < 1.29 is 13.2 Å². The quantitative estimate of drug-likeness (QED) is 0.872. The molecule has 0 fully saturated rings. The third-order valence-electron chi connectivity index (χ3n) is 3.28. The SMILES string of the molecule is CN(C)c1ccc(S(N)(=O)=O)cc1NC(=O)c1cccc(C#N)c1. The van der Waals surface area contributed by atoms with Gasteiger partial charge in [-0.3, -0.25) is 4.79 Å². The van der Waals surface area contributed by atoms with Gasteiger partial charge in [-0.15, -0.1) is 0 Å². The first-order valence-corrected chi connectivity index (χ1v) is 8.42. The molecule has 124 valence electrons. The molecule has 0 bridgehead atoms. The third-order valence-corrected chi connectivity index (χ3v) is 4.19. The topological polar surface area (TPSA) is 116 Å². The highest BCUT2D eigenvalue weighted by molar-refractivity contribution is 7.89. The number of nitriles is 1. The Bertz CT molecular complexity index is 931. The van der Waals surface area contributed by atoms with Crippen LogP contribution in [0.2, 0.25) is 0 Å². The van der Waals surface area contributed by atoms with Crippen molar-refractivity contribution in [3.05, 3.63) is 53.6 Å². The van der Waals surface area contributed by atoms with Gasteiger partial charge in [0.25, 0.3) is 5.91 Å². The van der Waals surface area contributed by atoms with Gasteiger partial charge in [-0.25, -0.2) is 13.6 Å². The largest absolute Gasteiger partial charge is 0.376 e. The number of benzene rings is 2. The monoisotopic (exact) mass is 344 g/mol. The molecule has 7 nitrogen and oxygen atoms in total. The lowest BCUT2D eigenvalue weighted by Gasteiger charge is -2.18. The molecule has 3 N–H and O–H groups in total. The minimum Gasteiger partial charge on any atom is -0.376 e. The summed E-state index contributed by atoms with van der Waals surface area (Å²) in [7, 11) is -0.368. The van der Waals surface area contributed by atoms with Crippen molar-refractivity contribution >= 4 is 27.3 Å². The van der Waals surface area contributed by atoms with Crippen molar-refractivity contribution in [2.45, 2.75) is 4.90 Å². The van der Waals surface area contributed by atoms with E-state index in [0.717, 1.165) is 0 Å². The number of hydrogen-bond donors (Lipinski definition) is 2. The lowest BCUT2D eigenvalue weighted by Crippen LogP contribution is -2.18. The maximum absolute atomic E-state index is 12.4. The molecule has 1 amide bonds. The van der Waals surface area contributed by atoms with Gasteiger partial charge in [0, 0.05) is 19.7 Å². The van der Waals surface area contributed by atoms with Crippen LogP contribution < -0.4 is 15.4 Å². The van der Waals surface area contributed by atoms with Crippen LogP contribution in [0.15, 0.2) is 47.4 Å². The zero-order valence-electron chi connectivity index (χ0n) is 13.1. The van der Waals surface area contributed by atoms with Crippen LogP contribution in [0.4, 0.5) is 11.4 Å². The van der Waals surface area contributed by atoms with E-state index in [4.69, 9.17) is 10.4 Å². The van der Waals surface area contributed by atoms with E-state index in [1.54, 1.807) is 43.3 Å². The summed E-state index contributed by atoms with van der Waals surface area (Å²) in [5, 5.41) is 16.7. The Morgan fingerprint density at radius 1 is 1.21 bits per heavy atom. The molecular formula is C16H16N4O3S. The van der Waals surface area contributed by atoms with Crippen LogP contribution in [0, 0.1) is 11.3 Å². The number of rotatable bonds is 4. The third kappa shape index (κ3) is 3.90. The minimum absolute atomic E-state index is 0.103. The molecule has 2 aromatic carbocycles. The van der Waals surface area contributed by atoms with E-state index in [1.807, 2.05) is 6.07 Å². The van der Waals surface area contributed by atoms with Gasteiger partial charge in [0.2, 0.25) is 10.0 Å². The fourth-order valence-corrected chi connectivity index (χ4v) is 2.65. The van der Waals surface area contributed by atoms with E-state index in [1.165, 1.54) is 18.2 Å². The Labute approximate surface area is 140 Å². The van der Waals surface area contributed by atoms with Crippen molar-refractivity contribution in [1.82, 2.24) is 0 Å². The fraction of sp³-hybridized carbons (Fsp3) is 0.125. The van der Waals surface area contributed by atoms with Crippen LogP contribution in [0.25, 0.3) is 0 Å². The number of nitrogens with zero attached hydrogens (tertiary/aromatic N) is 2. The lowest BCUT2D eigenvalue weighted by molar-refractivity contribution is 0.102. The van der Waals surface area contributed by atoms with Gasteiger partial charge < -0.3 is 10.2 Å². The van der Waals surface area contributed by atoms with Crippen LogP contribution in [0.5, 0.6) is 0 Å². The van der Waals surface area contributed by atoms with Gasteiger partial charge in [-0.2, -0.15) is 5.26 Å². The van der Waals surface area contributed by atoms with Crippen LogP contribution in [-0.2, 0) is 10.0 Å². The van der Waals surface area contributed by atoms with E-state index in [0.29, 0.717) is 22.5 Å². The molecule has 0 atom stereocenters. The Hall–Kier alpha value is -2.89. The number of anilines is 2. The summed E-state index contributed by atoms with van der Waals surface area (Å²) in [6.07, 6.45) is 0. The summed E-state index contributed by atoms with van der Waals surface area (Å²) in [6, 6.07) is 12.4. The summed E-state index contributed by atoms with van der Waals surface area (Å²) in [6.45, 7) is 0. The summed E-state index contributed by atoms with van der Waals surface area (Å²) in [4.78, 5) is 14.0. The standard InChI is InChI=1S/C16H16N4O3S/c1-20(2)15-7-6-13(24(18,22)23)9-14(15)19-16(21)12-5-3-4-11(8-12)10-17/h3-9H,1-2H3,(H,19,21)(H2,18,22,23). The second-order valence-corrected chi connectivity index (χ2v) is 6.83. The molecule has 0 radical (unpaired) electrons. The van der Waals surface area contributed by atoms with Crippen molar-refractivity contribution in [2.75, 3.05) is 24.3 Å². The van der Waals surface area contributed by atoms with E-state index in [2.05, 4.69) is 5.32 Å². The molecule has 0 aliphatic carbocycles. The molecule has 2 aromatic rings. The van der Waals surface area contributed by atoms with Gasteiger partial charge in [0.05, 0.1) is 27.9 Å².